The molecule has 2 N–H and O–H groups in total. The lowest BCUT2D eigenvalue weighted by Crippen LogP contribution is -2.55. The fourth-order valence-electron chi connectivity index (χ4n) is 2.65. The highest BCUT2D eigenvalue weighted by Crippen LogP contribution is 2.39. The highest BCUT2D eigenvalue weighted by Gasteiger charge is 2.42. The second-order valence-corrected chi connectivity index (χ2v) is 5.57. The van der Waals surface area contributed by atoms with Crippen LogP contribution in [0.1, 0.15) is 12.5 Å². The van der Waals surface area contributed by atoms with Crippen molar-refractivity contribution in [2.75, 3.05) is 40.4 Å². The molecule has 4 nitrogen and oxygen atoms in total. The Morgan fingerprint density at radius 1 is 1.42 bits per heavy atom. The zero-order chi connectivity index (χ0) is 13.9. The van der Waals surface area contributed by atoms with Crippen molar-refractivity contribution in [2.45, 2.75) is 12.5 Å². The fraction of sp³-hybridized carbons (Fsp3) is 0.600. The van der Waals surface area contributed by atoms with Gasteiger partial charge in [0.1, 0.15) is 5.75 Å². The largest absolute Gasteiger partial charge is 0.493 e. The summed E-state index contributed by atoms with van der Waals surface area (Å²) in [7, 11) is 4.10. The van der Waals surface area contributed by atoms with Crippen LogP contribution in [0.4, 0.5) is 0 Å². The Morgan fingerprint density at radius 2 is 2.16 bits per heavy atom. The number of fused-ring (bicyclic) bond motifs is 1. The number of hydrogen-bond acceptors (Lipinski definition) is 4. The number of para-hydroxylation sites is 1. The average molecular weight is 264 g/mol. The molecule has 19 heavy (non-hydrogen) atoms. The number of hydrogen-bond donors (Lipinski definition) is 2. The number of likely N-dealkylation sites (N-methyl/N-ethyl adjacent to an activating group) is 1. The topological polar surface area (TPSA) is 44.7 Å². The van der Waals surface area contributed by atoms with E-state index in [1.165, 1.54) is 0 Å². The fourth-order valence-corrected chi connectivity index (χ4v) is 2.65. The van der Waals surface area contributed by atoms with Gasteiger partial charge in [-0.15, -0.1) is 0 Å². The van der Waals surface area contributed by atoms with Gasteiger partial charge in [0.05, 0.1) is 18.8 Å². The van der Waals surface area contributed by atoms with Crippen LogP contribution in [0.25, 0.3) is 0 Å². The summed E-state index contributed by atoms with van der Waals surface area (Å²) in [5.74, 6) is 1.11. The molecule has 2 unspecified atom stereocenters. The number of aliphatic hydroxyl groups is 1. The van der Waals surface area contributed by atoms with Gasteiger partial charge in [-0.3, -0.25) is 0 Å². The molecule has 0 spiro atoms. The first-order chi connectivity index (χ1) is 9.10. The lowest BCUT2D eigenvalue weighted by molar-refractivity contribution is 0.0547. The molecule has 1 aliphatic heterocycles. The molecule has 0 amide bonds. The van der Waals surface area contributed by atoms with Crippen LogP contribution in [0.3, 0.4) is 0 Å². The van der Waals surface area contributed by atoms with E-state index in [1.807, 2.05) is 24.3 Å². The molecule has 2 rings (SSSR count). The Morgan fingerprint density at radius 3 is 2.84 bits per heavy atom. The summed E-state index contributed by atoms with van der Waals surface area (Å²) in [6, 6.07) is 7.98. The summed E-state index contributed by atoms with van der Waals surface area (Å²) in [4.78, 5) is 2.13. The van der Waals surface area contributed by atoms with E-state index in [4.69, 9.17) is 4.74 Å². The summed E-state index contributed by atoms with van der Waals surface area (Å²) < 4.78 is 5.76. The smallest absolute Gasteiger partial charge is 0.124 e. The van der Waals surface area contributed by atoms with E-state index < -0.39 is 5.54 Å². The normalized spacial score (nSPS) is 26.1. The number of ether oxygens (including phenoxy) is 1. The number of aliphatic hydroxyl groups excluding tert-OH is 1. The first-order valence-corrected chi connectivity index (χ1v) is 6.83. The molecule has 106 valence electrons. The third kappa shape index (κ3) is 2.76. The Bertz CT molecular complexity index is 422. The van der Waals surface area contributed by atoms with E-state index in [0.717, 1.165) is 24.4 Å². The van der Waals surface area contributed by atoms with E-state index >= 15 is 0 Å². The van der Waals surface area contributed by atoms with Crippen molar-refractivity contribution in [3.63, 3.8) is 0 Å². The Balaban J connectivity index is 2.26. The van der Waals surface area contributed by atoms with Gasteiger partial charge in [0.15, 0.2) is 0 Å². The molecule has 1 aromatic rings. The minimum absolute atomic E-state index is 0.0853. The zero-order valence-corrected chi connectivity index (χ0v) is 12.0. The third-order valence-electron chi connectivity index (χ3n) is 3.95. The molecule has 1 aromatic carbocycles. The highest BCUT2D eigenvalue weighted by molar-refractivity contribution is 5.41. The van der Waals surface area contributed by atoms with E-state index in [-0.39, 0.29) is 12.5 Å². The molecule has 0 radical (unpaired) electrons. The summed E-state index contributed by atoms with van der Waals surface area (Å²) in [6.07, 6.45) is 0. The Kier molecular flexibility index (Phi) is 4.45. The maximum atomic E-state index is 9.99. The maximum absolute atomic E-state index is 9.99. The molecule has 1 aliphatic rings. The van der Waals surface area contributed by atoms with E-state index in [0.29, 0.717) is 6.61 Å². The molecule has 0 bridgehead atoms. The van der Waals surface area contributed by atoms with Gasteiger partial charge in [-0.25, -0.2) is 0 Å². The third-order valence-corrected chi connectivity index (χ3v) is 3.95. The maximum Gasteiger partial charge on any atom is 0.124 e. The van der Waals surface area contributed by atoms with Gasteiger partial charge in [0.25, 0.3) is 0 Å². The monoisotopic (exact) mass is 264 g/mol. The van der Waals surface area contributed by atoms with Crippen LogP contribution in [0.5, 0.6) is 5.75 Å². The van der Waals surface area contributed by atoms with Crippen LogP contribution in [-0.4, -0.2) is 50.4 Å². The Labute approximate surface area is 115 Å². The number of benzene rings is 1. The molecule has 0 aromatic heterocycles. The molecule has 4 heteroatoms. The predicted octanol–water partition coefficient (Wildman–Crippen LogP) is 1.05. The van der Waals surface area contributed by atoms with Crippen LogP contribution in [0.15, 0.2) is 24.3 Å². The summed E-state index contributed by atoms with van der Waals surface area (Å²) >= 11 is 0. The minimum Gasteiger partial charge on any atom is -0.493 e. The van der Waals surface area contributed by atoms with E-state index in [9.17, 15) is 5.11 Å². The molecule has 0 saturated carbocycles. The second kappa shape index (κ2) is 5.90. The molecule has 0 saturated heterocycles. The van der Waals surface area contributed by atoms with E-state index in [2.05, 4.69) is 31.2 Å². The summed E-state index contributed by atoms with van der Waals surface area (Å²) in [6.45, 7) is 4.62. The standard InChI is InChI=1S/C15H24N2O2/c1-12-10-19-14-7-5-4-6-13(14)15(12,11-18)16-8-9-17(2)3/h4-7,12,16,18H,8-11H2,1-3H3. The minimum atomic E-state index is -0.398. The molecule has 0 aliphatic carbocycles. The van der Waals surface area contributed by atoms with Crippen molar-refractivity contribution in [3.8, 4) is 5.75 Å². The van der Waals surface area contributed by atoms with Crippen LogP contribution >= 0.6 is 0 Å². The second-order valence-electron chi connectivity index (χ2n) is 5.57. The zero-order valence-electron chi connectivity index (χ0n) is 12.0. The lowest BCUT2D eigenvalue weighted by Gasteiger charge is -2.43. The van der Waals surface area contributed by atoms with Gasteiger partial charge in [-0.2, -0.15) is 0 Å². The predicted molar refractivity (Wildman–Crippen MR) is 76.4 cm³/mol. The highest BCUT2D eigenvalue weighted by atomic mass is 16.5. The van der Waals surface area contributed by atoms with Crippen LogP contribution in [0.2, 0.25) is 0 Å². The van der Waals surface area contributed by atoms with Gasteiger partial charge in [0.2, 0.25) is 0 Å². The van der Waals surface area contributed by atoms with Crippen LogP contribution in [0, 0.1) is 5.92 Å². The van der Waals surface area contributed by atoms with Crippen molar-refractivity contribution in [1.29, 1.82) is 0 Å². The lowest BCUT2D eigenvalue weighted by atomic mass is 9.77. The average Bonchev–Trinajstić information content (AvgIpc) is 2.41. The molecular weight excluding hydrogens is 240 g/mol. The van der Waals surface area contributed by atoms with Crippen LogP contribution in [-0.2, 0) is 5.54 Å². The van der Waals surface area contributed by atoms with Gasteiger partial charge in [-0.05, 0) is 20.2 Å². The quantitative estimate of drug-likeness (QED) is 0.834. The van der Waals surface area contributed by atoms with E-state index in [1.54, 1.807) is 0 Å². The molecule has 0 fully saturated rings. The SMILES string of the molecule is CC1COc2ccccc2C1(CO)NCCN(C)C. The summed E-state index contributed by atoms with van der Waals surface area (Å²) in [5, 5.41) is 13.5. The van der Waals surface area contributed by atoms with Crippen molar-refractivity contribution in [1.82, 2.24) is 10.2 Å². The van der Waals surface area contributed by atoms with Crippen molar-refractivity contribution in [3.05, 3.63) is 29.8 Å². The van der Waals surface area contributed by atoms with Gasteiger partial charge < -0.3 is 20.1 Å². The van der Waals surface area contributed by atoms with Gasteiger partial charge in [-0.1, -0.05) is 25.1 Å². The van der Waals surface area contributed by atoms with Crippen molar-refractivity contribution >= 4 is 0 Å². The molecular formula is C15H24N2O2. The van der Waals surface area contributed by atoms with Crippen molar-refractivity contribution < 1.29 is 9.84 Å². The first kappa shape index (κ1) is 14.3. The summed E-state index contributed by atoms with van der Waals surface area (Å²) in [5.41, 5.74) is 0.667. The Hall–Kier alpha value is -1.10. The van der Waals surface area contributed by atoms with Gasteiger partial charge >= 0.3 is 0 Å². The van der Waals surface area contributed by atoms with Crippen LogP contribution < -0.4 is 10.1 Å². The number of rotatable bonds is 5. The first-order valence-electron chi connectivity index (χ1n) is 6.83. The molecule has 2 atom stereocenters. The van der Waals surface area contributed by atoms with Gasteiger partial charge in [0, 0.05) is 24.6 Å². The van der Waals surface area contributed by atoms with Crippen molar-refractivity contribution in [2.24, 2.45) is 5.92 Å². The number of nitrogens with one attached hydrogen (secondary N) is 1. The number of nitrogens with zero attached hydrogens (tertiary/aromatic N) is 1. The molecule has 1 heterocycles.